The Morgan fingerprint density at radius 2 is 1.55 bits per heavy atom. The average Bonchev–Trinajstić information content (AvgIpc) is 2.43. The van der Waals surface area contributed by atoms with Crippen LogP contribution < -0.4 is 4.74 Å². The summed E-state index contributed by atoms with van der Waals surface area (Å²) in [6.07, 6.45) is 0. The number of hydrogen-bond donors (Lipinski definition) is 1. The Hall–Kier alpha value is -2.29. The zero-order valence-corrected chi connectivity index (χ0v) is 11.7. The van der Waals surface area contributed by atoms with Crippen LogP contribution in [0.15, 0.2) is 48.5 Å². The summed E-state index contributed by atoms with van der Waals surface area (Å²) in [6, 6.07) is 14.8. The lowest BCUT2D eigenvalue weighted by Gasteiger charge is -2.14. The van der Waals surface area contributed by atoms with Gasteiger partial charge in [-0.05, 0) is 37.1 Å². The summed E-state index contributed by atoms with van der Waals surface area (Å²) in [5, 5.41) is 9.49. The monoisotopic (exact) mass is 270 g/mol. The van der Waals surface area contributed by atoms with Gasteiger partial charge < -0.3 is 9.84 Å². The van der Waals surface area contributed by atoms with E-state index in [0.717, 1.165) is 22.4 Å². The third-order valence-corrected chi connectivity index (χ3v) is 3.18. The highest BCUT2D eigenvalue weighted by Gasteiger charge is 2.21. The minimum atomic E-state index is -0.849. The zero-order valence-electron chi connectivity index (χ0n) is 11.7. The number of ether oxygens (including phenoxy) is 1. The molecular formula is C17H18O3. The van der Waals surface area contributed by atoms with E-state index in [2.05, 4.69) is 0 Å². The smallest absolute Gasteiger partial charge is 0.315 e. The maximum absolute atomic E-state index is 11.6. The van der Waals surface area contributed by atoms with Crippen LogP contribution in [0.4, 0.5) is 0 Å². The van der Waals surface area contributed by atoms with Gasteiger partial charge in [0, 0.05) is 0 Å². The second-order valence-corrected chi connectivity index (χ2v) is 4.68. The number of carbonyl (C=O) groups is 1. The van der Waals surface area contributed by atoms with Crippen molar-refractivity contribution in [3.05, 3.63) is 65.2 Å². The molecule has 20 heavy (non-hydrogen) atoms. The standard InChI is InChI=1S/C17H18O3/c1-3-20-15-10-8-14(9-11-15)16(17(18)19)13-6-4-12(2)5-7-13/h4-11,16H,3H2,1-2H3,(H,18,19). The van der Waals surface area contributed by atoms with E-state index >= 15 is 0 Å². The van der Waals surface area contributed by atoms with Crippen molar-refractivity contribution in [3.8, 4) is 5.75 Å². The molecule has 104 valence electrons. The summed E-state index contributed by atoms with van der Waals surface area (Å²) in [5.41, 5.74) is 2.65. The molecule has 0 fully saturated rings. The Balaban J connectivity index is 2.33. The molecule has 0 aliphatic carbocycles. The summed E-state index contributed by atoms with van der Waals surface area (Å²) in [5.74, 6) is -0.742. The van der Waals surface area contributed by atoms with Crippen LogP contribution in [0.25, 0.3) is 0 Å². The van der Waals surface area contributed by atoms with Crippen LogP contribution >= 0.6 is 0 Å². The Morgan fingerprint density at radius 3 is 2.00 bits per heavy atom. The van der Waals surface area contributed by atoms with Crippen molar-refractivity contribution in [1.82, 2.24) is 0 Å². The summed E-state index contributed by atoms with van der Waals surface area (Å²) in [6.45, 7) is 4.50. The summed E-state index contributed by atoms with van der Waals surface area (Å²) >= 11 is 0. The third-order valence-electron chi connectivity index (χ3n) is 3.18. The Bertz CT molecular complexity index is 570. The molecule has 1 atom stereocenters. The highest BCUT2D eigenvalue weighted by molar-refractivity contribution is 5.80. The van der Waals surface area contributed by atoms with E-state index in [1.54, 1.807) is 0 Å². The number of carboxylic acids is 1. The highest BCUT2D eigenvalue weighted by atomic mass is 16.5. The van der Waals surface area contributed by atoms with Gasteiger partial charge >= 0.3 is 5.97 Å². The summed E-state index contributed by atoms with van der Waals surface area (Å²) in [7, 11) is 0. The minimum Gasteiger partial charge on any atom is -0.494 e. The maximum Gasteiger partial charge on any atom is 0.315 e. The van der Waals surface area contributed by atoms with E-state index in [0.29, 0.717) is 6.61 Å². The van der Waals surface area contributed by atoms with Crippen molar-refractivity contribution < 1.29 is 14.6 Å². The molecule has 1 N–H and O–H groups in total. The van der Waals surface area contributed by atoms with Crippen LogP contribution in [0, 0.1) is 6.92 Å². The van der Waals surface area contributed by atoms with Gasteiger partial charge in [0.05, 0.1) is 6.61 Å². The molecule has 0 saturated carbocycles. The molecule has 0 aliphatic heterocycles. The fourth-order valence-electron chi connectivity index (χ4n) is 2.16. The SMILES string of the molecule is CCOc1ccc(C(C(=O)O)c2ccc(C)cc2)cc1. The molecule has 0 spiro atoms. The van der Waals surface area contributed by atoms with Crippen LogP contribution in [0.5, 0.6) is 5.75 Å². The number of benzene rings is 2. The van der Waals surface area contributed by atoms with Gasteiger partial charge in [0.1, 0.15) is 11.7 Å². The topological polar surface area (TPSA) is 46.5 Å². The van der Waals surface area contributed by atoms with Crippen LogP contribution in [0.1, 0.15) is 29.5 Å². The Labute approximate surface area is 118 Å². The minimum absolute atomic E-state index is 0.597. The molecule has 2 aromatic rings. The summed E-state index contributed by atoms with van der Waals surface area (Å²) in [4.78, 5) is 11.6. The molecule has 0 amide bonds. The molecule has 3 heteroatoms. The largest absolute Gasteiger partial charge is 0.494 e. The quantitative estimate of drug-likeness (QED) is 0.902. The van der Waals surface area contributed by atoms with E-state index < -0.39 is 11.9 Å². The van der Waals surface area contributed by atoms with E-state index in [1.165, 1.54) is 0 Å². The van der Waals surface area contributed by atoms with Crippen LogP contribution in [-0.2, 0) is 4.79 Å². The lowest BCUT2D eigenvalue weighted by molar-refractivity contribution is -0.137. The Morgan fingerprint density at radius 1 is 1.05 bits per heavy atom. The average molecular weight is 270 g/mol. The zero-order chi connectivity index (χ0) is 14.5. The van der Waals surface area contributed by atoms with Gasteiger partial charge in [-0.2, -0.15) is 0 Å². The van der Waals surface area contributed by atoms with Crippen LogP contribution in [0.3, 0.4) is 0 Å². The third kappa shape index (κ3) is 3.18. The van der Waals surface area contributed by atoms with Crippen molar-refractivity contribution in [2.75, 3.05) is 6.61 Å². The van der Waals surface area contributed by atoms with Crippen molar-refractivity contribution in [1.29, 1.82) is 0 Å². The highest BCUT2D eigenvalue weighted by Crippen LogP contribution is 2.27. The van der Waals surface area contributed by atoms with Crippen LogP contribution in [-0.4, -0.2) is 17.7 Å². The maximum atomic E-state index is 11.6. The second kappa shape index (κ2) is 6.24. The van der Waals surface area contributed by atoms with Crippen molar-refractivity contribution in [2.45, 2.75) is 19.8 Å². The van der Waals surface area contributed by atoms with Gasteiger partial charge in [0.15, 0.2) is 0 Å². The van der Waals surface area contributed by atoms with Crippen molar-refractivity contribution in [2.24, 2.45) is 0 Å². The van der Waals surface area contributed by atoms with E-state index in [4.69, 9.17) is 4.74 Å². The number of aryl methyl sites for hydroxylation is 1. The molecule has 1 unspecified atom stereocenters. The number of carboxylic acid groups (broad SMARTS) is 1. The summed E-state index contributed by atoms with van der Waals surface area (Å²) < 4.78 is 5.38. The Kier molecular flexibility index (Phi) is 4.41. The first-order chi connectivity index (χ1) is 9.61. The normalized spacial score (nSPS) is 11.9. The number of rotatable bonds is 5. The van der Waals surface area contributed by atoms with Crippen LogP contribution in [0.2, 0.25) is 0 Å². The van der Waals surface area contributed by atoms with Crippen molar-refractivity contribution >= 4 is 5.97 Å². The fraction of sp³-hybridized carbons (Fsp3) is 0.235. The number of aliphatic carboxylic acids is 1. The van der Waals surface area contributed by atoms with Gasteiger partial charge in [-0.25, -0.2) is 0 Å². The molecule has 0 aromatic heterocycles. The van der Waals surface area contributed by atoms with Gasteiger partial charge in [0.25, 0.3) is 0 Å². The number of hydrogen-bond acceptors (Lipinski definition) is 2. The molecule has 2 aromatic carbocycles. The first-order valence-corrected chi connectivity index (χ1v) is 6.64. The molecule has 3 nitrogen and oxygen atoms in total. The van der Waals surface area contributed by atoms with E-state index in [1.807, 2.05) is 62.4 Å². The molecule has 0 radical (unpaired) electrons. The lowest BCUT2D eigenvalue weighted by atomic mass is 9.91. The van der Waals surface area contributed by atoms with E-state index in [-0.39, 0.29) is 0 Å². The molecule has 0 heterocycles. The molecule has 2 rings (SSSR count). The van der Waals surface area contributed by atoms with Gasteiger partial charge in [-0.3, -0.25) is 4.79 Å². The fourth-order valence-corrected chi connectivity index (χ4v) is 2.16. The molecular weight excluding hydrogens is 252 g/mol. The second-order valence-electron chi connectivity index (χ2n) is 4.68. The first kappa shape index (κ1) is 14.1. The predicted molar refractivity (Wildman–Crippen MR) is 78.3 cm³/mol. The molecule has 0 bridgehead atoms. The van der Waals surface area contributed by atoms with E-state index in [9.17, 15) is 9.90 Å². The van der Waals surface area contributed by atoms with Gasteiger partial charge in [-0.15, -0.1) is 0 Å². The van der Waals surface area contributed by atoms with Gasteiger partial charge in [-0.1, -0.05) is 42.0 Å². The van der Waals surface area contributed by atoms with Gasteiger partial charge in [0.2, 0.25) is 0 Å². The lowest BCUT2D eigenvalue weighted by Crippen LogP contribution is -2.13. The first-order valence-electron chi connectivity index (χ1n) is 6.64. The molecule has 0 aliphatic rings. The van der Waals surface area contributed by atoms with Crippen molar-refractivity contribution in [3.63, 3.8) is 0 Å². The predicted octanol–water partition coefficient (Wildman–Crippen LogP) is 3.61. The molecule has 0 saturated heterocycles.